The van der Waals surface area contributed by atoms with Crippen LogP contribution in [0.4, 0.5) is 0 Å². The van der Waals surface area contributed by atoms with E-state index >= 15 is 0 Å². The van der Waals surface area contributed by atoms with Gasteiger partial charge in [-0.1, -0.05) is 0 Å². The van der Waals surface area contributed by atoms with E-state index in [1.54, 1.807) is 0 Å². The summed E-state index contributed by atoms with van der Waals surface area (Å²) in [6.45, 7) is 0.172. The molecule has 0 aromatic heterocycles. The topological polar surface area (TPSA) is 29.1 Å². The SMILES string of the molecule is [2H]C1([2H])CNC(=O)C1. The Hall–Kier alpha value is -0.530. The summed E-state index contributed by atoms with van der Waals surface area (Å²) in [6, 6.07) is 0. The minimum Gasteiger partial charge on any atom is -0.356 e. The molecule has 0 aliphatic carbocycles. The van der Waals surface area contributed by atoms with E-state index in [1.165, 1.54) is 0 Å². The summed E-state index contributed by atoms with van der Waals surface area (Å²) in [5.74, 6) is -0.185. The maximum atomic E-state index is 10.3. The van der Waals surface area contributed by atoms with Crippen LogP contribution in [0.15, 0.2) is 0 Å². The van der Waals surface area contributed by atoms with Crippen LogP contribution < -0.4 is 5.32 Å². The lowest BCUT2D eigenvalue weighted by molar-refractivity contribution is -0.119. The zero-order chi connectivity index (χ0) is 6.20. The molecule has 2 heteroatoms. The fraction of sp³-hybridized carbons (Fsp3) is 0.750. The molecule has 1 N–H and O–H groups in total. The number of hydrogen-bond acceptors (Lipinski definition) is 1. The van der Waals surface area contributed by atoms with Crippen molar-refractivity contribution in [2.75, 3.05) is 6.54 Å². The number of rotatable bonds is 0. The smallest absolute Gasteiger partial charge is 0.220 e. The van der Waals surface area contributed by atoms with Gasteiger partial charge in [0.15, 0.2) is 0 Å². The average molecular weight is 87.1 g/mol. The Kier molecular flexibility index (Phi) is 0.420. The van der Waals surface area contributed by atoms with Crippen LogP contribution in [-0.4, -0.2) is 12.5 Å². The highest BCUT2D eigenvalue weighted by molar-refractivity contribution is 5.77. The molecular weight excluding hydrogens is 78.0 g/mol. The number of amides is 1. The lowest BCUT2D eigenvalue weighted by atomic mass is 10.4. The van der Waals surface area contributed by atoms with Crippen molar-refractivity contribution < 1.29 is 7.54 Å². The second-order valence-corrected chi connectivity index (χ2v) is 1.20. The second-order valence-electron chi connectivity index (χ2n) is 1.20. The van der Waals surface area contributed by atoms with Gasteiger partial charge in [-0.05, 0) is 6.37 Å². The maximum absolute atomic E-state index is 10.3. The average Bonchev–Trinajstić information content (AvgIpc) is 1.82. The maximum Gasteiger partial charge on any atom is 0.220 e. The standard InChI is InChI=1S/C4H7NO/c6-4-2-1-3-5-4/h1-3H2,(H,5,6)/i1D2. The Balaban J connectivity index is 2.56. The molecule has 0 bridgehead atoms. The third kappa shape index (κ3) is 0.506. The third-order valence-electron chi connectivity index (χ3n) is 0.696. The van der Waals surface area contributed by atoms with E-state index in [-0.39, 0.29) is 18.9 Å². The predicted octanol–water partition coefficient (Wildman–Crippen LogP) is -0.104. The van der Waals surface area contributed by atoms with E-state index in [9.17, 15) is 4.79 Å². The number of carbonyl (C=O) groups excluding carboxylic acids is 1. The van der Waals surface area contributed by atoms with Crippen molar-refractivity contribution in [1.29, 1.82) is 0 Å². The molecule has 1 amide bonds. The van der Waals surface area contributed by atoms with Gasteiger partial charge in [0.25, 0.3) is 0 Å². The van der Waals surface area contributed by atoms with Crippen LogP contribution in [0, 0.1) is 0 Å². The number of nitrogens with one attached hydrogen (secondary N) is 1. The van der Waals surface area contributed by atoms with Crippen LogP contribution in [0.3, 0.4) is 0 Å². The molecule has 0 unspecified atom stereocenters. The van der Waals surface area contributed by atoms with Gasteiger partial charge in [-0.3, -0.25) is 4.79 Å². The minimum atomic E-state index is -1.29. The normalized spacial score (nSPS) is 34.3. The van der Waals surface area contributed by atoms with Gasteiger partial charge >= 0.3 is 0 Å². The summed E-state index contributed by atoms with van der Waals surface area (Å²) in [7, 11) is 0. The van der Waals surface area contributed by atoms with Crippen molar-refractivity contribution in [1.82, 2.24) is 5.32 Å². The van der Waals surface area contributed by atoms with Crippen LogP contribution in [0.2, 0.25) is 0 Å². The van der Waals surface area contributed by atoms with E-state index in [4.69, 9.17) is 2.74 Å². The van der Waals surface area contributed by atoms with Crippen LogP contribution >= 0.6 is 0 Å². The van der Waals surface area contributed by atoms with E-state index in [2.05, 4.69) is 5.32 Å². The van der Waals surface area contributed by atoms with Crippen molar-refractivity contribution in [2.45, 2.75) is 12.8 Å². The lowest BCUT2D eigenvalue weighted by Gasteiger charge is -1.80. The molecule has 0 spiro atoms. The van der Waals surface area contributed by atoms with Crippen molar-refractivity contribution in [2.24, 2.45) is 0 Å². The van der Waals surface area contributed by atoms with Crippen molar-refractivity contribution in [3.8, 4) is 0 Å². The van der Waals surface area contributed by atoms with Crippen molar-refractivity contribution >= 4 is 5.91 Å². The van der Waals surface area contributed by atoms with Crippen LogP contribution in [0.5, 0.6) is 0 Å². The predicted molar refractivity (Wildman–Crippen MR) is 22.2 cm³/mol. The molecule has 0 aromatic carbocycles. The van der Waals surface area contributed by atoms with Gasteiger partial charge in [0, 0.05) is 15.7 Å². The molecule has 2 nitrogen and oxygen atoms in total. The molecule has 1 saturated heterocycles. The zero-order valence-electron chi connectivity index (χ0n) is 5.32. The highest BCUT2D eigenvalue weighted by Crippen LogP contribution is 1.93. The first-order valence-corrected chi connectivity index (χ1v) is 1.87. The highest BCUT2D eigenvalue weighted by Gasteiger charge is 2.05. The number of carbonyl (C=O) groups is 1. The fourth-order valence-corrected chi connectivity index (χ4v) is 0.400. The van der Waals surface area contributed by atoms with Gasteiger partial charge < -0.3 is 5.32 Å². The first kappa shape index (κ1) is 1.96. The third-order valence-corrected chi connectivity index (χ3v) is 0.696. The summed E-state index contributed by atoms with van der Waals surface area (Å²) in [6.07, 6.45) is -1.27. The molecule has 0 atom stereocenters. The van der Waals surface area contributed by atoms with E-state index < -0.39 is 6.37 Å². The Morgan fingerprint density at radius 3 is 3.00 bits per heavy atom. The van der Waals surface area contributed by atoms with Crippen LogP contribution in [0.25, 0.3) is 0 Å². The summed E-state index contributed by atoms with van der Waals surface area (Å²) in [5, 5.41) is 2.40. The molecule has 1 heterocycles. The number of hydrogen-bond donors (Lipinski definition) is 1. The van der Waals surface area contributed by atoms with Gasteiger partial charge in [0.1, 0.15) is 0 Å². The molecule has 6 heavy (non-hydrogen) atoms. The van der Waals surface area contributed by atoms with E-state index in [0.717, 1.165) is 0 Å². The first-order valence-electron chi connectivity index (χ1n) is 2.87. The van der Waals surface area contributed by atoms with Crippen molar-refractivity contribution in [3.63, 3.8) is 0 Å². The Labute approximate surface area is 39.3 Å². The van der Waals surface area contributed by atoms with Gasteiger partial charge in [0.05, 0.1) is 0 Å². The molecule has 1 aliphatic rings. The summed E-state index contributed by atoms with van der Waals surface area (Å²) in [4.78, 5) is 10.3. The second kappa shape index (κ2) is 1.29. The van der Waals surface area contributed by atoms with Crippen LogP contribution in [0.1, 0.15) is 15.5 Å². The Morgan fingerprint density at radius 2 is 2.83 bits per heavy atom. The lowest BCUT2D eigenvalue weighted by Crippen LogP contribution is -2.12. The molecule has 1 fully saturated rings. The molecule has 34 valence electrons. The first-order chi connectivity index (χ1) is 3.60. The van der Waals surface area contributed by atoms with Gasteiger partial charge in [0.2, 0.25) is 5.91 Å². The minimum absolute atomic E-state index is 0.0208. The summed E-state index contributed by atoms with van der Waals surface area (Å²) < 4.78 is 14.0. The largest absolute Gasteiger partial charge is 0.356 e. The Morgan fingerprint density at radius 1 is 2.00 bits per heavy atom. The van der Waals surface area contributed by atoms with Gasteiger partial charge in [-0.15, -0.1) is 0 Å². The van der Waals surface area contributed by atoms with Crippen LogP contribution in [-0.2, 0) is 4.79 Å². The zero-order valence-corrected chi connectivity index (χ0v) is 3.32. The molecule has 1 rings (SSSR count). The quantitative estimate of drug-likeness (QED) is 0.439. The molecule has 0 aromatic rings. The van der Waals surface area contributed by atoms with E-state index in [1.807, 2.05) is 0 Å². The molecule has 1 aliphatic heterocycles. The summed E-state index contributed by atoms with van der Waals surface area (Å²) >= 11 is 0. The molecule has 0 saturated carbocycles. The van der Waals surface area contributed by atoms with Gasteiger partial charge in [-0.2, -0.15) is 0 Å². The van der Waals surface area contributed by atoms with E-state index in [0.29, 0.717) is 0 Å². The highest BCUT2D eigenvalue weighted by atomic mass is 16.1. The molecule has 0 radical (unpaired) electrons. The molecular formula is C4H7NO. The summed E-state index contributed by atoms with van der Waals surface area (Å²) in [5.41, 5.74) is 0. The van der Waals surface area contributed by atoms with Crippen molar-refractivity contribution in [3.05, 3.63) is 0 Å². The fourth-order valence-electron chi connectivity index (χ4n) is 0.400. The monoisotopic (exact) mass is 87.1 g/mol. The Bertz CT molecular complexity index is 123. The van der Waals surface area contributed by atoms with Gasteiger partial charge in [-0.25, -0.2) is 0 Å².